The van der Waals surface area contributed by atoms with E-state index in [4.69, 9.17) is 5.11 Å². The molecule has 5 N–H and O–H groups in total. The van der Waals surface area contributed by atoms with Gasteiger partial charge in [0.05, 0.1) is 6.10 Å². The summed E-state index contributed by atoms with van der Waals surface area (Å²) in [5.74, 6) is 0. The summed E-state index contributed by atoms with van der Waals surface area (Å²) in [6.07, 6.45) is -4.82. The van der Waals surface area contributed by atoms with Gasteiger partial charge in [-0.3, -0.25) is 0 Å². The van der Waals surface area contributed by atoms with Crippen LogP contribution in [0.5, 0.6) is 0 Å². The summed E-state index contributed by atoms with van der Waals surface area (Å²) < 4.78 is 0. The Kier molecular flexibility index (Phi) is 4.38. The van der Waals surface area contributed by atoms with Crippen LogP contribution in [0.4, 0.5) is 0 Å². The predicted molar refractivity (Wildman–Crippen MR) is 51.0 cm³/mol. The van der Waals surface area contributed by atoms with Crippen molar-refractivity contribution in [1.82, 2.24) is 0 Å². The molecule has 0 rings (SSSR count). The van der Waals surface area contributed by atoms with Crippen LogP contribution in [-0.4, -0.2) is 61.3 Å². The number of aliphatic hydroxyl groups is 5. The molecular formula is C9H18O6. The molecular weight excluding hydrogens is 204 g/mol. The summed E-state index contributed by atoms with van der Waals surface area (Å²) >= 11 is 0. The van der Waals surface area contributed by atoms with E-state index in [1.165, 1.54) is 6.92 Å². The first-order valence-corrected chi connectivity index (χ1v) is 4.53. The molecule has 0 saturated heterocycles. The zero-order valence-electron chi connectivity index (χ0n) is 8.95. The maximum absolute atomic E-state index is 10.3. The number of rotatable bonds is 5. The van der Waals surface area contributed by atoms with Crippen molar-refractivity contribution in [2.24, 2.45) is 0 Å². The summed E-state index contributed by atoms with van der Waals surface area (Å²) in [7, 11) is 0. The second kappa shape index (κ2) is 4.54. The average Bonchev–Trinajstić information content (AvgIpc) is 2.14. The molecule has 90 valence electrons. The molecule has 0 aliphatic carbocycles. The molecule has 0 amide bonds. The highest BCUT2D eigenvalue weighted by molar-refractivity contribution is 5.58. The van der Waals surface area contributed by atoms with Gasteiger partial charge < -0.3 is 30.3 Å². The molecule has 0 aromatic rings. The summed E-state index contributed by atoms with van der Waals surface area (Å²) in [4.78, 5) is 10.3. The van der Waals surface area contributed by atoms with E-state index in [0.717, 1.165) is 13.8 Å². The number of hydrogen-bond acceptors (Lipinski definition) is 6. The van der Waals surface area contributed by atoms with Gasteiger partial charge in [-0.05, 0) is 20.8 Å². The maximum Gasteiger partial charge on any atom is 0.151 e. The highest BCUT2D eigenvalue weighted by Gasteiger charge is 2.52. The van der Waals surface area contributed by atoms with Crippen LogP contribution in [0.3, 0.4) is 0 Å². The lowest BCUT2D eigenvalue weighted by molar-refractivity contribution is -0.232. The van der Waals surface area contributed by atoms with E-state index in [1.54, 1.807) is 0 Å². The van der Waals surface area contributed by atoms with E-state index >= 15 is 0 Å². The molecule has 0 aliphatic heterocycles. The van der Waals surface area contributed by atoms with Gasteiger partial charge in [0.2, 0.25) is 0 Å². The molecule has 5 atom stereocenters. The molecule has 0 aromatic heterocycles. The molecule has 0 heterocycles. The minimum Gasteiger partial charge on any atom is -0.391 e. The normalized spacial score (nSPS) is 25.9. The first-order valence-electron chi connectivity index (χ1n) is 4.53. The van der Waals surface area contributed by atoms with Gasteiger partial charge in [0.1, 0.15) is 23.4 Å². The predicted octanol–water partition coefficient (Wildman–Crippen LogP) is -2.21. The number of hydrogen-bond donors (Lipinski definition) is 5. The molecule has 0 saturated carbocycles. The van der Waals surface area contributed by atoms with Crippen molar-refractivity contribution < 1.29 is 30.3 Å². The van der Waals surface area contributed by atoms with Gasteiger partial charge in [-0.2, -0.15) is 0 Å². The van der Waals surface area contributed by atoms with E-state index in [-0.39, 0.29) is 6.29 Å². The van der Waals surface area contributed by atoms with Gasteiger partial charge in [0.25, 0.3) is 0 Å². The Hall–Kier alpha value is -0.530. The van der Waals surface area contributed by atoms with Crippen LogP contribution in [0.2, 0.25) is 0 Å². The Balaban J connectivity index is 5.07. The highest BCUT2D eigenvalue weighted by Crippen LogP contribution is 2.29. The second-order valence-electron chi connectivity index (χ2n) is 4.06. The first kappa shape index (κ1) is 14.5. The average molecular weight is 222 g/mol. The molecule has 1 unspecified atom stereocenters. The zero-order valence-corrected chi connectivity index (χ0v) is 8.95. The molecule has 0 spiro atoms. The minimum atomic E-state index is -2.26. The van der Waals surface area contributed by atoms with Crippen LogP contribution in [0.25, 0.3) is 0 Å². The third-order valence-electron chi connectivity index (χ3n) is 2.76. The van der Waals surface area contributed by atoms with Gasteiger partial charge in [-0.15, -0.1) is 0 Å². The van der Waals surface area contributed by atoms with Gasteiger partial charge in [-0.1, -0.05) is 0 Å². The minimum absolute atomic E-state index is 0.0449. The van der Waals surface area contributed by atoms with Crippen molar-refractivity contribution in [3.63, 3.8) is 0 Å². The van der Waals surface area contributed by atoms with Crippen LogP contribution in [0, 0.1) is 0 Å². The maximum atomic E-state index is 10.3. The van der Waals surface area contributed by atoms with E-state index in [2.05, 4.69) is 0 Å². The van der Waals surface area contributed by atoms with Gasteiger partial charge in [-0.25, -0.2) is 0 Å². The molecule has 6 nitrogen and oxygen atoms in total. The Bertz CT molecular complexity index is 223. The monoisotopic (exact) mass is 222 g/mol. The lowest BCUT2D eigenvalue weighted by atomic mass is 9.76. The second-order valence-corrected chi connectivity index (χ2v) is 4.06. The molecule has 0 bridgehead atoms. The highest BCUT2D eigenvalue weighted by atomic mass is 16.4. The van der Waals surface area contributed by atoms with Crippen molar-refractivity contribution in [2.75, 3.05) is 0 Å². The van der Waals surface area contributed by atoms with Crippen LogP contribution in [0.15, 0.2) is 0 Å². The summed E-state index contributed by atoms with van der Waals surface area (Å²) in [6, 6.07) is 0. The lowest BCUT2D eigenvalue weighted by Gasteiger charge is -2.43. The Labute approximate surface area is 87.8 Å². The quantitative estimate of drug-likeness (QED) is 0.337. The smallest absolute Gasteiger partial charge is 0.151 e. The van der Waals surface area contributed by atoms with E-state index in [1.807, 2.05) is 0 Å². The van der Waals surface area contributed by atoms with E-state index in [0.29, 0.717) is 0 Å². The number of aliphatic hydroxyl groups excluding tert-OH is 3. The summed E-state index contributed by atoms with van der Waals surface area (Å²) in [5, 5.41) is 47.2. The Morgan fingerprint density at radius 2 is 1.47 bits per heavy atom. The van der Waals surface area contributed by atoms with Gasteiger partial charge in [0.15, 0.2) is 6.29 Å². The fourth-order valence-corrected chi connectivity index (χ4v) is 1.20. The SMILES string of the molecule is CC(O)[C@@H](O)[C@@](C)(O)[C@](C)(O)[C@H](O)C=O. The van der Waals surface area contributed by atoms with Gasteiger partial charge in [0, 0.05) is 0 Å². The standard InChI is InChI=1S/C9H18O6/c1-5(11)7(13)9(3,15)8(2,14)6(12)4-10/h4-7,11-15H,1-3H3/t5?,6-,7-,8-,9-/m1/s1. The third-order valence-corrected chi connectivity index (χ3v) is 2.76. The number of aldehydes is 1. The van der Waals surface area contributed by atoms with Crippen molar-refractivity contribution in [3.8, 4) is 0 Å². The Morgan fingerprint density at radius 3 is 1.73 bits per heavy atom. The van der Waals surface area contributed by atoms with Crippen LogP contribution in [-0.2, 0) is 4.79 Å². The molecule has 6 heteroatoms. The topological polar surface area (TPSA) is 118 Å². The van der Waals surface area contributed by atoms with Crippen molar-refractivity contribution in [3.05, 3.63) is 0 Å². The van der Waals surface area contributed by atoms with E-state index < -0.39 is 29.5 Å². The van der Waals surface area contributed by atoms with Crippen LogP contribution in [0.1, 0.15) is 20.8 Å². The summed E-state index contributed by atoms with van der Waals surface area (Å²) in [5.41, 5.74) is -4.48. The fraction of sp³-hybridized carbons (Fsp3) is 0.889. The van der Waals surface area contributed by atoms with Crippen molar-refractivity contribution in [1.29, 1.82) is 0 Å². The van der Waals surface area contributed by atoms with Crippen LogP contribution >= 0.6 is 0 Å². The fourth-order valence-electron chi connectivity index (χ4n) is 1.20. The molecule has 0 aromatic carbocycles. The van der Waals surface area contributed by atoms with Gasteiger partial charge >= 0.3 is 0 Å². The molecule has 0 aliphatic rings. The molecule has 15 heavy (non-hydrogen) atoms. The molecule has 0 fully saturated rings. The van der Waals surface area contributed by atoms with Crippen molar-refractivity contribution in [2.45, 2.75) is 50.3 Å². The third kappa shape index (κ3) is 2.53. The zero-order chi connectivity index (χ0) is 12.4. The molecule has 0 radical (unpaired) electrons. The van der Waals surface area contributed by atoms with Crippen LogP contribution < -0.4 is 0 Å². The largest absolute Gasteiger partial charge is 0.391 e. The first-order chi connectivity index (χ1) is 6.59. The Morgan fingerprint density at radius 1 is 1.07 bits per heavy atom. The van der Waals surface area contributed by atoms with E-state index in [9.17, 15) is 25.2 Å². The number of carbonyl (C=O) groups excluding carboxylic acids is 1. The van der Waals surface area contributed by atoms with Crippen molar-refractivity contribution >= 4 is 6.29 Å². The summed E-state index contributed by atoms with van der Waals surface area (Å²) in [6.45, 7) is 3.23. The number of carbonyl (C=O) groups is 1. The lowest BCUT2D eigenvalue weighted by Crippen LogP contribution is -2.65.